The van der Waals surface area contributed by atoms with E-state index in [0.29, 0.717) is 54.1 Å². The molecule has 0 saturated carbocycles. The SMILES string of the molecule is CCc1[nH]n(C)c(-c2ccc(C(=O)NC)cc2)nn(CC(=O)Nc2ccc(C(F)(F)F)cc2Cl)c(=O)c1C1(CC)CCN(C(=O)c2ncccc2O)CC1. The highest BCUT2D eigenvalue weighted by Gasteiger charge is 2.40. The van der Waals surface area contributed by atoms with Gasteiger partial charge in [0.15, 0.2) is 11.5 Å². The number of alkyl halides is 3. The van der Waals surface area contributed by atoms with Gasteiger partial charge in [0.25, 0.3) is 17.4 Å². The molecule has 2 aromatic carbocycles. The van der Waals surface area contributed by atoms with E-state index >= 15 is 0 Å². The first-order valence-electron chi connectivity index (χ1n) is 17.2. The second-order valence-corrected chi connectivity index (χ2v) is 13.3. The smallest absolute Gasteiger partial charge is 0.416 e. The lowest BCUT2D eigenvalue weighted by Gasteiger charge is -2.42. The zero-order valence-corrected chi connectivity index (χ0v) is 30.8. The first-order valence-corrected chi connectivity index (χ1v) is 17.6. The van der Waals surface area contributed by atoms with Crippen LogP contribution in [0.3, 0.4) is 0 Å². The van der Waals surface area contributed by atoms with Crippen LogP contribution in [-0.4, -0.2) is 72.4 Å². The first-order chi connectivity index (χ1) is 25.6. The summed E-state index contributed by atoms with van der Waals surface area (Å²) in [5.41, 5.74) is -0.736. The Morgan fingerprint density at radius 2 is 1.74 bits per heavy atom. The number of carbonyl (C=O) groups is 3. The van der Waals surface area contributed by atoms with E-state index in [1.807, 2.05) is 13.8 Å². The van der Waals surface area contributed by atoms with Crippen LogP contribution in [0.4, 0.5) is 18.9 Å². The molecule has 0 unspecified atom stereocenters. The van der Waals surface area contributed by atoms with Gasteiger partial charge < -0.3 is 25.7 Å². The number of amides is 3. The van der Waals surface area contributed by atoms with Crippen molar-refractivity contribution >= 4 is 35.0 Å². The summed E-state index contributed by atoms with van der Waals surface area (Å²) in [5.74, 6) is -1.55. The van der Waals surface area contributed by atoms with Gasteiger partial charge in [0.05, 0.1) is 16.3 Å². The van der Waals surface area contributed by atoms with Gasteiger partial charge in [0, 0.05) is 61.2 Å². The molecule has 17 heteroatoms. The number of nitrogens with one attached hydrogen (secondary N) is 3. The van der Waals surface area contributed by atoms with E-state index in [4.69, 9.17) is 11.6 Å². The van der Waals surface area contributed by atoms with Crippen molar-refractivity contribution in [2.75, 3.05) is 25.5 Å². The van der Waals surface area contributed by atoms with Crippen LogP contribution >= 0.6 is 11.6 Å². The molecule has 1 fully saturated rings. The number of aromatic hydroxyl groups is 1. The van der Waals surface area contributed by atoms with Crippen molar-refractivity contribution in [3.05, 3.63) is 104 Å². The van der Waals surface area contributed by atoms with E-state index in [2.05, 4.69) is 25.8 Å². The number of anilines is 1. The van der Waals surface area contributed by atoms with Crippen molar-refractivity contribution in [2.24, 2.45) is 7.05 Å². The second kappa shape index (κ2) is 16.2. The fourth-order valence-corrected chi connectivity index (χ4v) is 6.85. The van der Waals surface area contributed by atoms with Gasteiger partial charge in [-0.1, -0.05) is 37.6 Å². The Morgan fingerprint density at radius 1 is 1.06 bits per heavy atom. The van der Waals surface area contributed by atoms with Crippen molar-refractivity contribution in [2.45, 2.75) is 57.7 Å². The Morgan fingerprint density at radius 3 is 2.31 bits per heavy atom. The molecule has 0 radical (unpaired) electrons. The Bertz CT molecular complexity index is 2170. The van der Waals surface area contributed by atoms with Gasteiger partial charge in [-0.05, 0) is 68.1 Å². The van der Waals surface area contributed by atoms with Crippen molar-refractivity contribution in [1.82, 2.24) is 34.8 Å². The average Bonchev–Trinajstić information content (AvgIpc) is 3.15. The van der Waals surface area contributed by atoms with Crippen molar-refractivity contribution in [3.8, 4) is 17.1 Å². The molecule has 4 aromatic rings. The summed E-state index contributed by atoms with van der Waals surface area (Å²) in [6, 6.07) is 11.9. The highest BCUT2D eigenvalue weighted by atomic mass is 35.5. The van der Waals surface area contributed by atoms with Crippen LogP contribution in [-0.2, 0) is 36.4 Å². The summed E-state index contributed by atoms with van der Waals surface area (Å²) in [6.07, 6.45) is -1.66. The second-order valence-electron chi connectivity index (χ2n) is 12.9. The maximum absolute atomic E-state index is 14.9. The highest BCUT2D eigenvalue weighted by molar-refractivity contribution is 6.33. The summed E-state index contributed by atoms with van der Waals surface area (Å²) in [4.78, 5) is 59.7. The number of hydrogen-bond acceptors (Lipinski definition) is 7. The van der Waals surface area contributed by atoms with Gasteiger partial charge in [-0.25, -0.2) is 9.67 Å². The standard InChI is InChI=1S/C37H40ClF3N8O5/c1-5-26-30(36(6-2)15-18-48(19-16-36)35(54)31-28(50)8-7-17-43-31)34(53)49(21-29(51)44-27-14-13-24(20-25(27)38)37(39,40)41)46-32(47(4)45-26)22-9-11-23(12-10-22)33(52)42-3/h7-14,17,20,45,50H,5-6,15-16,18-19,21H2,1-4H3,(H,42,52)(H,44,51). The molecular formula is C37H40ClF3N8O5. The topological polar surface area (TPSA) is 167 Å². The maximum atomic E-state index is 14.9. The number of halogens is 4. The number of benzene rings is 2. The molecule has 5 rings (SSSR count). The third-order valence-corrected chi connectivity index (χ3v) is 9.95. The fourth-order valence-electron chi connectivity index (χ4n) is 6.62. The summed E-state index contributed by atoms with van der Waals surface area (Å²) >= 11 is 6.13. The van der Waals surface area contributed by atoms with E-state index in [9.17, 15) is 37.5 Å². The molecule has 2 aromatic heterocycles. The van der Waals surface area contributed by atoms with Gasteiger partial charge in [0.1, 0.15) is 12.3 Å². The van der Waals surface area contributed by atoms with Crippen LogP contribution < -0.4 is 16.2 Å². The number of aromatic nitrogens is 5. The minimum atomic E-state index is -4.65. The predicted molar refractivity (Wildman–Crippen MR) is 196 cm³/mol. The molecule has 3 heterocycles. The fraction of sp³-hybridized carbons (Fsp3) is 0.351. The molecule has 0 aliphatic carbocycles. The van der Waals surface area contributed by atoms with Gasteiger partial charge in [-0.3, -0.25) is 23.9 Å². The lowest BCUT2D eigenvalue weighted by atomic mass is 9.70. The Hall–Kier alpha value is -5.64. The minimum Gasteiger partial charge on any atom is -0.505 e. The largest absolute Gasteiger partial charge is 0.505 e. The Kier molecular flexibility index (Phi) is 11.8. The molecule has 1 aliphatic heterocycles. The minimum absolute atomic E-state index is 0.0733. The Balaban J connectivity index is 1.62. The summed E-state index contributed by atoms with van der Waals surface area (Å²) in [6.45, 7) is 3.64. The molecule has 54 heavy (non-hydrogen) atoms. The van der Waals surface area contributed by atoms with Crippen molar-refractivity contribution in [1.29, 1.82) is 0 Å². The van der Waals surface area contributed by atoms with Gasteiger partial charge >= 0.3 is 6.18 Å². The third-order valence-electron chi connectivity index (χ3n) is 9.64. The molecule has 13 nitrogen and oxygen atoms in total. The normalized spacial score (nSPS) is 14.0. The first kappa shape index (κ1) is 39.6. The lowest BCUT2D eigenvalue weighted by molar-refractivity contribution is -0.137. The van der Waals surface area contributed by atoms with Crippen LogP contribution in [0.5, 0.6) is 5.75 Å². The number of aryl methyl sites for hydroxylation is 2. The quantitative estimate of drug-likeness (QED) is 0.172. The number of H-pyrrole nitrogens is 1. The van der Waals surface area contributed by atoms with Crippen LogP contribution in [0.25, 0.3) is 11.4 Å². The third kappa shape index (κ3) is 8.28. The van der Waals surface area contributed by atoms with E-state index in [1.165, 1.54) is 25.4 Å². The van der Waals surface area contributed by atoms with Crippen LogP contribution in [0.2, 0.25) is 5.02 Å². The molecule has 1 aliphatic rings. The number of hydrogen-bond donors (Lipinski definition) is 4. The zero-order chi connectivity index (χ0) is 39.4. The molecule has 0 bridgehead atoms. The summed E-state index contributed by atoms with van der Waals surface area (Å²) in [5, 5.41) is 23.0. The predicted octanol–water partition coefficient (Wildman–Crippen LogP) is 5.62. The highest BCUT2D eigenvalue weighted by Crippen LogP contribution is 2.39. The van der Waals surface area contributed by atoms with E-state index in [-0.39, 0.29) is 47.0 Å². The number of likely N-dealkylation sites (tertiary alicyclic amines) is 1. The lowest BCUT2D eigenvalue weighted by Crippen LogP contribution is -2.48. The summed E-state index contributed by atoms with van der Waals surface area (Å²) in [7, 11) is 3.19. The number of carbonyl (C=O) groups excluding carboxylic acids is 3. The van der Waals surface area contributed by atoms with Crippen LogP contribution in [0.15, 0.2) is 65.6 Å². The molecule has 0 atom stereocenters. The van der Waals surface area contributed by atoms with Crippen molar-refractivity contribution in [3.63, 3.8) is 0 Å². The van der Waals surface area contributed by atoms with Crippen LogP contribution in [0.1, 0.15) is 70.8 Å². The molecular weight excluding hydrogens is 729 g/mol. The number of aromatic amines is 1. The molecule has 1 saturated heterocycles. The van der Waals surface area contributed by atoms with Crippen molar-refractivity contribution < 1.29 is 32.7 Å². The average molecular weight is 769 g/mol. The molecule has 3 amide bonds. The Labute approximate surface area is 313 Å². The van der Waals surface area contributed by atoms with Gasteiger partial charge in [-0.2, -0.15) is 13.2 Å². The van der Waals surface area contributed by atoms with E-state index in [0.717, 1.165) is 16.8 Å². The van der Waals surface area contributed by atoms with Crippen LogP contribution in [0, 0.1) is 0 Å². The van der Waals surface area contributed by atoms with Gasteiger partial charge in [0.2, 0.25) is 5.91 Å². The number of nitrogens with zero attached hydrogens (tertiary/aromatic N) is 5. The number of rotatable bonds is 9. The molecule has 4 N–H and O–H groups in total. The van der Waals surface area contributed by atoms with E-state index < -0.39 is 41.1 Å². The van der Waals surface area contributed by atoms with E-state index in [1.54, 1.807) is 40.9 Å². The maximum Gasteiger partial charge on any atom is 0.416 e. The zero-order valence-electron chi connectivity index (χ0n) is 30.1. The number of pyridine rings is 1. The molecule has 0 spiro atoms. The molecule has 286 valence electrons. The number of piperidine rings is 1. The summed E-state index contributed by atoms with van der Waals surface area (Å²) < 4.78 is 42.4. The monoisotopic (exact) mass is 768 g/mol. The van der Waals surface area contributed by atoms with Gasteiger partial charge in [-0.15, -0.1) is 5.10 Å².